The van der Waals surface area contributed by atoms with Gasteiger partial charge in [-0.05, 0) is 31.2 Å². The SMILES string of the molecule is CC(C)Cc1cc(C(=O)NC2CCCN(c3cnccn3)C2)nc(N)n1. The van der Waals surface area contributed by atoms with E-state index in [4.69, 9.17) is 5.73 Å². The first-order chi connectivity index (χ1) is 12.5. The van der Waals surface area contributed by atoms with Crippen LogP contribution in [0.3, 0.4) is 0 Å². The maximum atomic E-state index is 12.6. The molecule has 1 amide bonds. The summed E-state index contributed by atoms with van der Waals surface area (Å²) >= 11 is 0. The molecule has 1 saturated heterocycles. The van der Waals surface area contributed by atoms with Gasteiger partial charge in [-0.1, -0.05) is 13.8 Å². The molecule has 0 bridgehead atoms. The zero-order chi connectivity index (χ0) is 18.5. The molecule has 3 heterocycles. The lowest BCUT2D eigenvalue weighted by Gasteiger charge is -2.33. The smallest absolute Gasteiger partial charge is 0.270 e. The highest BCUT2D eigenvalue weighted by Crippen LogP contribution is 2.17. The van der Waals surface area contributed by atoms with Crippen LogP contribution in [0.5, 0.6) is 0 Å². The molecule has 3 N–H and O–H groups in total. The Kier molecular flexibility index (Phi) is 5.60. The summed E-state index contributed by atoms with van der Waals surface area (Å²) in [5, 5.41) is 3.07. The Morgan fingerprint density at radius 2 is 2.23 bits per heavy atom. The number of amides is 1. The van der Waals surface area contributed by atoms with E-state index < -0.39 is 0 Å². The quantitative estimate of drug-likeness (QED) is 0.835. The number of carbonyl (C=O) groups excluding carboxylic acids is 1. The molecular formula is C18H25N7O. The maximum Gasteiger partial charge on any atom is 0.270 e. The summed E-state index contributed by atoms with van der Waals surface area (Å²) < 4.78 is 0. The molecule has 1 fully saturated rings. The minimum atomic E-state index is -0.213. The Bertz CT molecular complexity index is 750. The van der Waals surface area contributed by atoms with E-state index in [9.17, 15) is 4.79 Å². The topological polar surface area (TPSA) is 110 Å². The predicted octanol–water partition coefficient (Wildman–Crippen LogP) is 1.45. The van der Waals surface area contributed by atoms with Crippen molar-refractivity contribution in [3.63, 3.8) is 0 Å². The van der Waals surface area contributed by atoms with Crippen molar-refractivity contribution in [1.29, 1.82) is 0 Å². The Morgan fingerprint density at radius 1 is 1.38 bits per heavy atom. The lowest BCUT2D eigenvalue weighted by atomic mass is 10.1. The molecule has 3 rings (SSSR count). The maximum absolute atomic E-state index is 12.6. The lowest BCUT2D eigenvalue weighted by molar-refractivity contribution is 0.0928. The van der Waals surface area contributed by atoms with Crippen LogP contribution in [-0.2, 0) is 6.42 Å². The molecule has 0 spiro atoms. The summed E-state index contributed by atoms with van der Waals surface area (Å²) in [5.41, 5.74) is 6.90. The second-order valence-corrected chi connectivity index (χ2v) is 7.02. The van der Waals surface area contributed by atoms with Gasteiger partial charge in [-0.25, -0.2) is 15.0 Å². The van der Waals surface area contributed by atoms with E-state index in [1.165, 1.54) is 0 Å². The minimum absolute atomic E-state index is 0.0306. The van der Waals surface area contributed by atoms with Crippen molar-refractivity contribution in [2.75, 3.05) is 23.7 Å². The standard InChI is InChI=1S/C18H25N7O/c1-12(2)8-14-9-15(24-18(19)23-14)17(26)22-13-4-3-7-25(11-13)16-10-20-5-6-21-16/h5-6,9-10,12-13H,3-4,7-8,11H2,1-2H3,(H,22,26)(H2,19,23,24). The van der Waals surface area contributed by atoms with Crippen molar-refractivity contribution in [3.05, 3.63) is 36.0 Å². The highest BCUT2D eigenvalue weighted by atomic mass is 16.2. The fraction of sp³-hybridized carbons (Fsp3) is 0.500. The monoisotopic (exact) mass is 355 g/mol. The van der Waals surface area contributed by atoms with Crippen LogP contribution in [0.4, 0.5) is 11.8 Å². The van der Waals surface area contributed by atoms with Crippen LogP contribution in [0, 0.1) is 5.92 Å². The van der Waals surface area contributed by atoms with Crippen molar-refractivity contribution in [3.8, 4) is 0 Å². The number of nitrogens with one attached hydrogen (secondary N) is 1. The molecule has 2 aromatic rings. The molecule has 2 aromatic heterocycles. The minimum Gasteiger partial charge on any atom is -0.368 e. The van der Waals surface area contributed by atoms with Gasteiger partial charge >= 0.3 is 0 Å². The molecular weight excluding hydrogens is 330 g/mol. The van der Waals surface area contributed by atoms with Gasteiger partial charge in [0.25, 0.3) is 5.91 Å². The molecule has 8 nitrogen and oxygen atoms in total. The molecule has 1 aliphatic heterocycles. The van der Waals surface area contributed by atoms with E-state index in [2.05, 4.69) is 44.0 Å². The number of anilines is 2. The van der Waals surface area contributed by atoms with E-state index in [0.717, 1.165) is 37.3 Å². The molecule has 138 valence electrons. The van der Waals surface area contributed by atoms with Crippen molar-refractivity contribution in [2.45, 2.75) is 39.2 Å². The highest BCUT2D eigenvalue weighted by Gasteiger charge is 2.23. The van der Waals surface area contributed by atoms with Gasteiger partial charge in [0.1, 0.15) is 11.5 Å². The van der Waals surface area contributed by atoms with Crippen LogP contribution < -0.4 is 16.0 Å². The number of carbonyl (C=O) groups is 1. The van der Waals surface area contributed by atoms with Gasteiger partial charge in [0.2, 0.25) is 5.95 Å². The number of nitrogens with two attached hydrogens (primary N) is 1. The van der Waals surface area contributed by atoms with E-state index >= 15 is 0 Å². The fourth-order valence-electron chi connectivity index (χ4n) is 3.17. The van der Waals surface area contributed by atoms with Crippen LogP contribution in [0.1, 0.15) is 42.9 Å². The normalized spacial score (nSPS) is 17.3. The Morgan fingerprint density at radius 3 is 2.96 bits per heavy atom. The summed E-state index contributed by atoms with van der Waals surface area (Å²) in [4.78, 5) is 31.6. The number of aromatic nitrogens is 4. The Balaban J connectivity index is 1.67. The fourth-order valence-corrected chi connectivity index (χ4v) is 3.17. The largest absolute Gasteiger partial charge is 0.368 e. The summed E-state index contributed by atoms with van der Waals surface area (Å²) in [6.45, 7) is 5.80. The number of hydrogen-bond donors (Lipinski definition) is 2. The Hall–Kier alpha value is -2.77. The zero-order valence-electron chi connectivity index (χ0n) is 15.2. The van der Waals surface area contributed by atoms with Crippen LogP contribution in [0.2, 0.25) is 0 Å². The van der Waals surface area contributed by atoms with Gasteiger partial charge < -0.3 is 16.0 Å². The van der Waals surface area contributed by atoms with E-state index in [1.54, 1.807) is 24.7 Å². The van der Waals surface area contributed by atoms with Crippen molar-refractivity contribution in [1.82, 2.24) is 25.3 Å². The second-order valence-electron chi connectivity index (χ2n) is 7.02. The van der Waals surface area contributed by atoms with E-state index in [-0.39, 0.29) is 17.9 Å². The number of piperidine rings is 1. The number of nitrogen functional groups attached to an aromatic ring is 1. The van der Waals surface area contributed by atoms with Gasteiger partial charge in [0, 0.05) is 37.2 Å². The third kappa shape index (κ3) is 4.65. The van der Waals surface area contributed by atoms with Gasteiger partial charge in [-0.2, -0.15) is 0 Å². The first kappa shape index (κ1) is 18.0. The lowest BCUT2D eigenvalue weighted by Crippen LogP contribution is -2.48. The molecule has 0 aliphatic carbocycles. The summed E-state index contributed by atoms with van der Waals surface area (Å²) in [6.07, 6.45) is 7.73. The average molecular weight is 355 g/mol. The molecule has 0 saturated carbocycles. The second kappa shape index (κ2) is 8.07. The molecule has 1 unspecified atom stereocenters. The number of nitrogens with zero attached hydrogens (tertiary/aromatic N) is 5. The molecule has 1 atom stereocenters. The van der Waals surface area contributed by atoms with Crippen LogP contribution in [0.25, 0.3) is 0 Å². The van der Waals surface area contributed by atoms with Crippen molar-refractivity contribution in [2.24, 2.45) is 5.92 Å². The molecule has 26 heavy (non-hydrogen) atoms. The molecule has 1 aliphatic rings. The first-order valence-corrected chi connectivity index (χ1v) is 8.96. The zero-order valence-corrected chi connectivity index (χ0v) is 15.2. The third-order valence-electron chi connectivity index (χ3n) is 4.28. The molecule has 0 aromatic carbocycles. The van der Waals surface area contributed by atoms with E-state index in [1.807, 2.05) is 0 Å². The summed E-state index contributed by atoms with van der Waals surface area (Å²) in [6, 6.07) is 1.76. The first-order valence-electron chi connectivity index (χ1n) is 8.96. The van der Waals surface area contributed by atoms with Crippen LogP contribution in [-0.4, -0.2) is 45.0 Å². The van der Waals surface area contributed by atoms with Crippen LogP contribution >= 0.6 is 0 Å². The number of hydrogen-bond acceptors (Lipinski definition) is 7. The summed E-state index contributed by atoms with van der Waals surface area (Å²) in [5.74, 6) is 1.18. The van der Waals surface area contributed by atoms with Gasteiger partial charge in [0.05, 0.1) is 6.20 Å². The third-order valence-corrected chi connectivity index (χ3v) is 4.28. The molecule has 0 radical (unpaired) electrons. The van der Waals surface area contributed by atoms with Gasteiger partial charge in [0.15, 0.2) is 0 Å². The average Bonchev–Trinajstić information content (AvgIpc) is 2.61. The van der Waals surface area contributed by atoms with Crippen molar-refractivity contribution < 1.29 is 4.79 Å². The highest BCUT2D eigenvalue weighted by molar-refractivity contribution is 5.92. The summed E-state index contributed by atoms with van der Waals surface area (Å²) in [7, 11) is 0. The van der Waals surface area contributed by atoms with Gasteiger partial charge in [-0.15, -0.1) is 0 Å². The number of rotatable bonds is 5. The van der Waals surface area contributed by atoms with E-state index in [0.29, 0.717) is 18.2 Å². The Labute approximate surface area is 153 Å². The molecule has 8 heteroatoms. The van der Waals surface area contributed by atoms with Crippen molar-refractivity contribution >= 4 is 17.7 Å². The van der Waals surface area contributed by atoms with Gasteiger partial charge in [-0.3, -0.25) is 9.78 Å². The predicted molar refractivity (Wildman–Crippen MR) is 99.7 cm³/mol. The van der Waals surface area contributed by atoms with Crippen LogP contribution in [0.15, 0.2) is 24.7 Å².